The molecule has 1 nitrogen and oxygen atoms in total. The lowest BCUT2D eigenvalue weighted by Crippen LogP contribution is -2.11. The molecule has 0 heterocycles. The maximum atomic E-state index is 2.42. The Morgan fingerprint density at radius 2 is 0.857 bits per heavy atom. The summed E-state index contributed by atoms with van der Waals surface area (Å²) in [5.74, 6) is 0. The van der Waals surface area contributed by atoms with Gasteiger partial charge in [0, 0.05) is 16.9 Å². The largest absolute Gasteiger partial charge is 0.310 e. The molecule has 0 amide bonds. The van der Waals surface area contributed by atoms with Crippen molar-refractivity contribution in [1.82, 2.24) is 0 Å². The van der Waals surface area contributed by atoms with Gasteiger partial charge in [0.25, 0.3) is 0 Å². The fourth-order valence-electron chi connectivity index (χ4n) is 7.32. The van der Waals surface area contributed by atoms with E-state index in [0.29, 0.717) is 0 Å². The van der Waals surface area contributed by atoms with E-state index >= 15 is 0 Å². The second kappa shape index (κ2) is 12.3. The first-order valence-electron chi connectivity index (χ1n) is 16.9. The van der Waals surface area contributed by atoms with Crippen LogP contribution in [0.5, 0.6) is 0 Å². The van der Waals surface area contributed by atoms with Gasteiger partial charge in [0.1, 0.15) is 0 Å². The van der Waals surface area contributed by atoms with Gasteiger partial charge in [0.05, 0.1) is 5.69 Å². The molecule has 0 spiro atoms. The number of anilines is 3. The van der Waals surface area contributed by atoms with E-state index in [4.69, 9.17) is 0 Å². The van der Waals surface area contributed by atoms with E-state index in [-0.39, 0.29) is 0 Å². The highest BCUT2D eigenvalue weighted by atomic mass is 15.1. The summed E-state index contributed by atoms with van der Waals surface area (Å²) >= 11 is 0. The summed E-state index contributed by atoms with van der Waals surface area (Å²) in [5.41, 5.74) is 10.6. The summed E-state index contributed by atoms with van der Waals surface area (Å²) < 4.78 is 0. The molecule has 0 aliphatic heterocycles. The quantitative estimate of drug-likeness (QED) is 0.167. The van der Waals surface area contributed by atoms with Gasteiger partial charge in [-0.2, -0.15) is 0 Å². The summed E-state index contributed by atoms with van der Waals surface area (Å²) in [6.07, 6.45) is 0. The SMILES string of the molecule is c1ccc(-c2cccc(N(c3ccc(-c4cccc5ccccc45)cc3)c3ccccc3-c3cc4ccccc4c4ccccc34)c2)cc1. The number of para-hydroxylation sites is 1. The third kappa shape index (κ3) is 5.23. The van der Waals surface area contributed by atoms with Crippen LogP contribution >= 0.6 is 0 Å². The van der Waals surface area contributed by atoms with Crippen LogP contribution in [0.15, 0.2) is 200 Å². The molecule has 0 N–H and O–H groups in total. The third-order valence-electron chi connectivity index (χ3n) is 9.64. The molecule has 0 aliphatic carbocycles. The lowest BCUT2D eigenvalue weighted by molar-refractivity contribution is 1.28. The highest BCUT2D eigenvalue weighted by molar-refractivity contribution is 6.15. The molecule has 0 aliphatic rings. The maximum absolute atomic E-state index is 2.42. The predicted molar refractivity (Wildman–Crippen MR) is 210 cm³/mol. The minimum Gasteiger partial charge on any atom is -0.310 e. The number of nitrogens with zero attached hydrogens (tertiary/aromatic N) is 1. The van der Waals surface area contributed by atoms with E-state index in [2.05, 4.69) is 205 Å². The average molecular weight is 624 g/mol. The zero-order valence-electron chi connectivity index (χ0n) is 27.0. The molecule has 0 aromatic heterocycles. The van der Waals surface area contributed by atoms with Crippen molar-refractivity contribution in [3.05, 3.63) is 200 Å². The van der Waals surface area contributed by atoms with Gasteiger partial charge in [-0.3, -0.25) is 0 Å². The Labute approximate surface area is 287 Å². The zero-order valence-corrected chi connectivity index (χ0v) is 27.0. The Morgan fingerprint density at radius 3 is 1.69 bits per heavy atom. The Morgan fingerprint density at radius 1 is 0.265 bits per heavy atom. The van der Waals surface area contributed by atoms with Crippen molar-refractivity contribution in [2.45, 2.75) is 0 Å². The van der Waals surface area contributed by atoms with Crippen LogP contribution in [0.25, 0.3) is 65.7 Å². The molecular formula is C48H33N. The molecule has 0 atom stereocenters. The molecule has 0 saturated heterocycles. The van der Waals surface area contributed by atoms with Crippen molar-refractivity contribution >= 4 is 49.4 Å². The first-order valence-corrected chi connectivity index (χ1v) is 16.9. The van der Waals surface area contributed by atoms with Crippen molar-refractivity contribution in [2.75, 3.05) is 4.90 Å². The van der Waals surface area contributed by atoms with Gasteiger partial charge < -0.3 is 4.90 Å². The molecule has 1 heteroatoms. The molecule has 9 aromatic rings. The Kier molecular flexibility index (Phi) is 7.22. The number of rotatable bonds is 6. The third-order valence-corrected chi connectivity index (χ3v) is 9.64. The highest BCUT2D eigenvalue weighted by Crippen LogP contribution is 2.45. The molecule has 0 unspecified atom stereocenters. The molecular weight excluding hydrogens is 591 g/mol. The first-order chi connectivity index (χ1) is 24.3. The van der Waals surface area contributed by atoms with Crippen LogP contribution in [0.1, 0.15) is 0 Å². The Bertz CT molecular complexity index is 2590. The van der Waals surface area contributed by atoms with Crippen molar-refractivity contribution < 1.29 is 0 Å². The molecule has 0 radical (unpaired) electrons. The molecule has 0 bridgehead atoms. The second-order valence-corrected chi connectivity index (χ2v) is 12.5. The van der Waals surface area contributed by atoms with E-state index in [9.17, 15) is 0 Å². The van der Waals surface area contributed by atoms with E-state index in [1.54, 1.807) is 0 Å². The zero-order chi connectivity index (χ0) is 32.6. The monoisotopic (exact) mass is 623 g/mol. The number of benzene rings is 9. The van der Waals surface area contributed by atoms with E-state index in [1.807, 2.05) is 0 Å². The van der Waals surface area contributed by atoms with Gasteiger partial charge in [-0.15, -0.1) is 0 Å². The van der Waals surface area contributed by atoms with E-state index in [1.165, 1.54) is 65.7 Å². The fourth-order valence-corrected chi connectivity index (χ4v) is 7.32. The Balaban J connectivity index is 1.26. The van der Waals surface area contributed by atoms with Gasteiger partial charge in [-0.1, -0.05) is 164 Å². The van der Waals surface area contributed by atoms with E-state index in [0.717, 1.165) is 17.1 Å². The molecule has 9 rings (SSSR count). The lowest BCUT2D eigenvalue weighted by Gasteiger charge is -2.29. The van der Waals surface area contributed by atoms with Gasteiger partial charge >= 0.3 is 0 Å². The van der Waals surface area contributed by atoms with Crippen LogP contribution in [0.4, 0.5) is 17.1 Å². The van der Waals surface area contributed by atoms with Gasteiger partial charge in [0.2, 0.25) is 0 Å². The Hall–Kier alpha value is -6.44. The van der Waals surface area contributed by atoms with Crippen LogP contribution in [0.2, 0.25) is 0 Å². The maximum Gasteiger partial charge on any atom is 0.0540 e. The lowest BCUT2D eigenvalue weighted by atomic mass is 9.92. The molecule has 0 fully saturated rings. The molecule has 0 saturated carbocycles. The summed E-state index contributed by atoms with van der Waals surface area (Å²) in [7, 11) is 0. The minimum absolute atomic E-state index is 1.10. The molecule has 9 aromatic carbocycles. The average Bonchev–Trinajstić information content (AvgIpc) is 3.18. The van der Waals surface area contributed by atoms with Crippen LogP contribution in [-0.2, 0) is 0 Å². The van der Waals surface area contributed by atoms with Crippen molar-refractivity contribution in [3.63, 3.8) is 0 Å². The van der Waals surface area contributed by atoms with Crippen LogP contribution < -0.4 is 4.90 Å². The first kappa shape index (κ1) is 28.8. The van der Waals surface area contributed by atoms with Crippen molar-refractivity contribution in [1.29, 1.82) is 0 Å². The number of hydrogen-bond donors (Lipinski definition) is 0. The predicted octanol–water partition coefficient (Wildman–Crippen LogP) is 13.6. The molecule has 230 valence electrons. The summed E-state index contributed by atoms with van der Waals surface area (Å²) in [5, 5.41) is 7.54. The van der Waals surface area contributed by atoms with E-state index < -0.39 is 0 Å². The normalized spacial score (nSPS) is 11.3. The summed E-state index contributed by atoms with van der Waals surface area (Å²) in [4.78, 5) is 2.42. The fraction of sp³-hybridized carbons (Fsp3) is 0. The van der Waals surface area contributed by atoms with Crippen LogP contribution in [0, 0.1) is 0 Å². The minimum atomic E-state index is 1.10. The number of hydrogen-bond acceptors (Lipinski definition) is 1. The van der Waals surface area contributed by atoms with Gasteiger partial charge in [-0.05, 0) is 96.5 Å². The van der Waals surface area contributed by atoms with Gasteiger partial charge in [-0.25, -0.2) is 0 Å². The van der Waals surface area contributed by atoms with Crippen molar-refractivity contribution in [2.24, 2.45) is 0 Å². The second-order valence-electron chi connectivity index (χ2n) is 12.5. The topological polar surface area (TPSA) is 3.24 Å². The molecule has 49 heavy (non-hydrogen) atoms. The highest BCUT2D eigenvalue weighted by Gasteiger charge is 2.20. The summed E-state index contributed by atoms with van der Waals surface area (Å²) in [6, 6.07) is 72.5. The summed E-state index contributed by atoms with van der Waals surface area (Å²) in [6.45, 7) is 0. The van der Waals surface area contributed by atoms with Crippen molar-refractivity contribution in [3.8, 4) is 33.4 Å². The van der Waals surface area contributed by atoms with Crippen LogP contribution in [0.3, 0.4) is 0 Å². The van der Waals surface area contributed by atoms with Gasteiger partial charge in [0.15, 0.2) is 0 Å². The standard InChI is InChI=1S/C48H33N/c1-2-14-34(15-3-1)37-19-12-20-40(32-37)49(39-30-28-36(29-31-39)42-26-13-18-35-16-4-6-21-41(35)42)48-27-11-10-25-46(48)47-33-38-17-5-7-22-43(38)44-23-8-9-24-45(44)47/h1-33H. The van der Waals surface area contributed by atoms with Crippen LogP contribution in [-0.4, -0.2) is 0 Å². The number of fused-ring (bicyclic) bond motifs is 4. The smallest absolute Gasteiger partial charge is 0.0540 e.